The summed E-state index contributed by atoms with van der Waals surface area (Å²) in [5.74, 6) is 2.16. The first-order valence-electron chi connectivity index (χ1n) is 4.54. The topological polar surface area (TPSA) is 30.2 Å². The molecule has 2 rings (SSSR count). The van der Waals surface area contributed by atoms with E-state index in [1.807, 2.05) is 19.1 Å². The van der Waals surface area contributed by atoms with E-state index in [-0.39, 0.29) is 5.78 Å². The Bertz CT molecular complexity index is 343. The second-order valence-corrected chi connectivity index (χ2v) is 3.46. The summed E-state index contributed by atoms with van der Waals surface area (Å²) in [5, 5.41) is 0. The smallest absolute Gasteiger partial charge is 0.158 e. The lowest BCUT2D eigenvalue weighted by Crippen LogP contribution is -1.92. The standard InChI is InChI=1S/C11H12O2/c1-8-2-5-10(13-8)6-7-11(12)9-3-4-9/h2,5-7,9H,3-4H2,1H3/b7-6+. The largest absolute Gasteiger partial charge is 0.462 e. The number of furan rings is 1. The maximum Gasteiger partial charge on any atom is 0.158 e. The van der Waals surface area contributed by atoms with Crippen molar-refractivity contribution in [1.82, 2.24) is 0 Å². The van der Waals surface area contributed by atoms with E-state index in [1.54, 1.807) is 12.2 Å². The quantitative estimate of drug-likeness (QED) is 0.662. The number of hydrogen-bond donors (Lipinski definition) is 0. The van der Waals surface area contributed by atoms with Crippen LogP contribution in [0.2, 0.25) is 0 Å². The molecule has 1 aliphatic carbocycles. The average molecular weight is 176 g/mol. The van der Waals surface area contributed by atoms with E-state index in [4.69, 9.17) is 4.42 Å². The molecule has 0 amide bonds. The van der Waals surface area contributed by atoms with Gasteiger partial charge in [-0.1, -0.05) is 0 Å². The molecule has 1 aliphatic rings. The Morgan fingerprint density at radius 1 is 1.54 bits per heavy atom. The van der Waals surface area contributed by atoms with Crippen LogP contribution in [-0.2, 0) is 4.79 Å². The van der Waals surface area contributed by atoms with Crippen molar-refractivity contribution in [2.24, 2.45) is 5.92 Å². The zero-order chi connectivity index (χ0) is 9.26. The summed E-state index contributed by atoms with van der Waals surface area (Å²) in [5.41, 5.74) is 0. The molecular weight excluding hydrogens is 164 g/mol. The van der Waals surface area contributed by atoms with Crippen LogP contribution < -0.4 is 0 Å². The zero-order valence-electron chi connectivity index (χ0n) is 7.62. The molecule has 0 spiro atoms. The van der Waals surface area contributed by atoms with Crippen molar-refractivity contribution in [2.75, 3.05) is 0 Å². The number of carbonyl (C=O) groups is 1. The highest BCUT2D eigenvalue weighted by Crippen LogP contribution is 2.30. The van der Waals surface area contributed by atoms with Crippen molar-refractivity contribution in [2.45, 2.75) is 19.8 Å². The molecule has 0 N–H and O–H groups in total. The van der Waals surface area contributed by atoms with E-state index in [1.165, 1.54) is 0 Å². The Morgan fingerprint density at radius 3 is 2.85 bits per heavy atom. The van der Waals surface area contributed by atoms with Crippen molar-refractivity contribution in [3.63, 3.8) is 0 Å². The van der Waals surface area contributed by atoms with Crippen LogP contribution in [0.15, 0.2) is 22.6 Å². The highest BCUT2D eigenvalue weighted by atomic mass is 16.3. The van der Waals surface area contributed by atoms with Gasteiger partial charge in [0.25, 0.3) is 0 Å². The van der Waals surface area contributed by atoms with E-state index in [2.05, 4.69) is 0 Å². The van der Waals surface area contributed by atoms with Gasteiger partial charge in [-0.2, -0.15) is 0 Å². The minimum absolute atomic E-state index is 0.231. The number of ketones is 1. The summed E-state index contributed by atoms with van der Waals surface area (Å²) in [6.45, 7) is 1.89. The third-order valence-corrected chi connectivity index (χ3v) is 2.15. The molecule has 1 aromatic rings. The summed E-state index contributed by atoms with van der Waals surface area (Å²) in [6, 6.07) is 3.76. The van der Waals surface area contributed by atoms with Crippen molar-refractivity contribution < 1.29 is 9.21 Å². The molecule has 2 heteroatoms. The molecule has 0 bridgehead atoms. The van der Waals surface area contributed by atoms with Crippen LogP contribution in [0.4, 0.5) is 0 Å². The molecule has 1 fully saturated rings. The van der Waals surface area contributed by atoms with Gasteiger partial charge in [-0.15, -0.1) is 0 Å². The Balaban J connectivity index is 2.00. The Hall–Kier alpha value is -1.31. The SMILES string of the molecule is Cc1ccc(/C=C/C(=O)C2CC2)o1. The fourth-order valence-electron chi connectivity index (χ4n) is 1.21. The minimum Gasteiger partial charge on any atom is -0.462 e. The van der Waals surface area contributed by atoms with Crippen LogP contribution in [-0.4, -0.2) is 5.78 Å². The predicted molar refractivity (Wildman–Crippen MR) is 50.2 cm³/mol. The fourth-order valence-corrected chi connectivity index (χ4v) is 1.21. The summed E-state index contributed by atoms with van der Waals surface area (Å²) in [6.07, 6.45) is 5.48. The number of hydrogen-bond acceptors (Lipinski definition) is 2. The molecule has 0 unspecified atom stereocenters. The van der Waals surface area contributed by atoms with Gasteiger partial charge in [-0.25, -0.2) is 0 Å². The molecular formula is C11H12O2. The van der Waals surface area contributed by atoms with Crippen LogP contribution in [0.3, 0.4) is 0 Å². The summed E-state index contributed by atoms with van der Waals surface area (Å²) >= 11 is 0. The predicted octanol–water partition coefficient (Wildman–Crippen LogP) is 2.58. The lowest BCUT2D eigenvalue weighted by atomic mass is 10.2. The van der Waals surface area contributed by atoms with Gasteiger partial charge in [0.05, 0.1) is 0 Å². The molecule has 1 aromatic heterocycles. The van der Waals surface area contributed by atoms with E-state index < -0.39 is 0 Å². The summed E-state index contributed by atoms with van der Waals surface area (Å²) < 4.78 is 5.30. The van der Waals surface area contributed by atoms with Gasteiger partial charge in [0, 0.05) is 5.92 Å². The molecule has 2 nitrogen and oxygen atoms in total. The van der Waals surface area contributed by atoms with Crippen molar-refractivity contribution in [3.05, 3.63) is 29.7 Å². The van der Waals surface area contributed by atoms with Crippen LogP contribution in [0.1, 0.15) is 24.4 Å². The van der Waals surface area contributed by atoms with E-state index in [9.17, 15) is 4.79 Å². The number of aryl methyl sites for hydroxylation is 1. The molecule has 0 atom stereocenters. The second kappa shape index (κ2) is 3.21. The van der Waals surface area contributed by atoms with Crippen LogP contribution in [0.5, 0.6) is 0 Å². The molecule has 1 saturated carbocycles. The maximum atomic E-state index is 11.3. The second-order valence-electron chi connectivity index (χ2n) is 3.46. The molecule has 13 heavy (non-hydrogen) atoms. The molecule has 0 aromatic carbocycles. The Kier molecular flexibility index (Phi) is 2.05. The number of rotatable bonds is 3. The average Bonchev–Trinajstić information content (AvgIpc) is 2.87. The molecule has 1 heterocycles. The van der Waals surface area contributed by atoms with E-state index >= 15 is 0 Å². The zero-order valence-corrected chi connectivity index (χ0v) is 7.62. The maximum absolute atomic E-state index is 11.3. The van der Waals surface area contributed by atoms with E-state index in [0.717, 1.165) is 24.4 Å². The minimum atomic E-state index is 0.231. The van der Waals surface area contributed by atoms with Crippen LogP contribution in [0, 0.1) is 12.8 Å². The normalized spacial score (nSPS) is 16.7. The van der Waals surface area contributed by atoms with Crippen molar-refractivity contribution >= 4 is 11.9 Å². The number of allylic oxidation sites excluding steroid dienone is 1. The van der Waals surface area contributed by atoms with Gasteiger partial charge in [0.2, 0.25) is 0 Å². The molecule has 0 saturated heterocycles. The highest BCUT2D eigenvalue weighted by molar-refractivity contribution is 5.96. The third kappa shape index (κ3) is 2.08. The van der Waals surface area contributed by atoms with Crippen molar-refractivity contribution in [1.29, 1.82) is 0 Å². The molecule has 68 valence electrons. The molecule has 0 radical (unpaired) electrons. The molecule has 0 aliphatic heterocycles. The summed E-state index contributed by atoms with van der Waals surface area (Å²) in [4.78, 5) is 11.3. The van der Waals surface area contributed by atoms with Gasteiger partial charge in [0.1, 0.15) is 11.5 Å². The van der Waals surface area contributed by atoms with Gasteiger partial charge < -0.3 is 4.42 Å². The lowest BCUT2D eigenvalue weighted by Gasteiger charge is -1.86. The van der Waals surface area contributed by atoms with Crippen LogP contribution >= 0.6 is 0 Å². The van der Waals surface area contributed by atoms with Gasteiger partial charge in [0.15, 0.2) is 5.78 Å². The first kappa shape index (κ1) is 8.30. The number of carbonyl (C=O) groups excluding carboxylic acids is 1. The first-order chi connectivity index (χ1) is 6.25. The van der Waals surface area contributed by atoms with Gasteiger partial charge in [-0.05, 0) is 44.1 Å². The van der Waals surface area contributed by atoms with Gasteiger partial charge >= 0.3 is 0 Å². The van der Waals surface area contributed by atoms with Gasteiger partial charge in [-0.3, -0.25) is 4.79 Å². The Labute approximate surface area is 77.2 Å². The highest BCUT2D eigenvalue weighted by Gasteiger charge is 2.27. The third-order valence-electron chi connectivity index (χ3n) is 2.15. The first-order valence-corrected chi connectivity index (χ1v) is 4.54. The van der Waals surface area contributed by atoms with E-state index in [0.29, 0.717) is 5.92 Å². The summed E-state index contributed by atoms with van der Waals surface area (Å²) in [7, 11) is 0. The van der Waals surface area contributed by atoms with Crippen LogP contribution in [0.25, 0.3) is 6.08 Å². The van der Waals surface area contributed by atoms with Crippen molar-refractivity contribution in [3.8, 4) is 0 Å². The Morgan fingerprint density at radius 2 is 2.31 bits per heavy atom. The lowest BCUT2D eigenvalue weighted by molar-refractivity contribution is -0.115. The monoisotopic (exact) mass is 176 g/mol. The fraction of sp³-hybridized carbons (Fsp3) is 0.364.